The molecule has 0 amide bonds. The summed E-state index contributed by atoms with van der Waals surface area (Å²) in [7, 11) is 1.35. The van der Waals surface area contributed by atoms with Crippen LogP contribution in [0.25, 0.3) is 0 Å². The van der Waals surface area contributed by atoms with Crippen molar-refractivity contribution in [2.24, 2.45) is 0 Å². The molecular weight excluding hydrogens is 268 g/mol. The van der Waals surface area contributed by atoms with Crippen LogP contribution in [0.3, 0.4) is 0 Å². The van der Waals surface area contributed by atoms with E-state index >= 15 is 0 Å². The van der Waals surface area contributed by atoms with Crippen molar-refractivity contribution < 1.29 is 14.3 Å². The van der Waals surface area contributed by atoms with E-state index in [4.69, 9.17) is 4.74 Å². The largest absolute Gasteiger partial charge is 0.482 e. The number of piperazine rings is 1. The van der Waals surface area contributed by atoms with Crippen molar-refractivity contribution in [3.05, 3.63) is 29.8 Å². The van der Waals surface area contributed by atoms with E-state index in [-0.39, 0.29) is 12.6 Å². The van der Waals surface area contributed by atoms with Gasteiger partial charge in [-0.2, -0.15) is 0 Å². The van der Waals surface area contributed by atoms with Crippen molar-refractivity contribution in [2.75, 3.05) is 26.8 Å². The quantitative estimate of drug-likeness (QED) is 0.832. The number of ether oxygens (including phenoxy) is 2. The van der Waals surface area contributed by atoms with Crippen LogP contribution >= 0.6 is 0 Å². The first-order valence-corrected chi connectivity index (χ1v) is 7.34. The Hall–Kier alpha value is -1.59. The van der Waals surface area contributed by atoms with Gasteiger partial charge in [-0.15, -0.1) is 0 Å². The van der Waals surface area contributed by atoms with Gasteiger partial charge in [-0.3, -0.25) is 4.90 Å². The smallest absolute Gasteiger partial charge is 0.343 e. The van der Waals surface area contributed by atoms with Crippen LogP contribution < -0.4 is 10.1 Å². The number of carbonyl (C=O) groups excluding carboxylic acids is 1. The number of nitrogens with one attached hydrogen (secondary N) is 1. The summed E-state index contributed by atoms with van der Waals surface area (Å²) in [5.74, 6) is 0.314. The highest BCUT2D eigenvalue weighted by atomic mass is 16.6. The zero-order chi connectivity index (χ0) is 15.2. The van der Waals surface area contributed by atoms with Gasteiger partial charge < -0.3 is 14.8 Å². The molecule has 0 aliphatic carbocycles. The van der Waals surface area contributed by atoms with E-state index in [1.807, 2.05) is 24.3 Å². The lowest BCUT2D eigenvalue weighted by molar-refractivity contribution is -0.142. The average molecular weight is 292 g/mol. The third-order valence-corrected chi connectivity index (χ3v) is 3.79. The molecule has 1 aliphatic rings. The van der Waals surface area contributed by atoms with Crippen LogP contribution in [-0.2, 0) is 16.1 Å². The highest BCUT2D eigenvalue weighted by Gasteiger charge is 2.22. The molecule has 0 spiro atoms. The summed E-state index contributed by atoms with van der Waals surface area (Å²) in [6.45, 7) is 7.42. The first kappa shape index (κ1) is 15.8. The van der Waals surface area contributed by atoms with Crippen LogP contribution in [0.15, 0.2) is 24.3 Å². The van der Waals surface area contributed by atoms with Crippen LogP contribution in [0.5, 0.6) is 5.75 Å². The van der Waals surface area contributed by atoms with E-state index in [0.717, 1.165) is 19.6 Å². The summed E-state index contributed by atoms with van der Waals surface area (Å²) in [6.07, 6.45) is 0. The summed E-state index contributed by atoms with van der Waals surface area (Å²) in [5.41, 5.74) is 1.25. The second-order valence-electron chi connectivity index (χ2n) is 5.60. The molecule has 21 heavy (non-hydrogen) atoms. The van der Waals surface area contributed by atoms with Crippen LogP contribution in [0.1, 0.15) is 19.4 Å². The number of benzene rings is 1. The third kappa shape index (κ3) is 4.72. The Labute approximate surface area is 126 Å². The summed E-state index contributed by atoms with van der Waals surface area (Å²) in [5, 5.41) is 3.48. The van der Waals surface area contributed by atoms with Crippen molar-refractivity contribution in [1.29, 1.82) is 0 Å². The number of carbonyl (C=O) groups is 1. The van der Waals surface area contributed by atoms with Crippen molar-refractivity contribution >= 4 is 5.97 Å². The monoisotopic (exact) mass is 292 g/mol. The predicted molar refractivity (Wildman–Crippen MR) is 81.3 cm³/mol. The van der Waals surface area contributed by atoms with Gasteiger partial charge in [0.2, 0.25) is 0 Å². The minimum atomic E-state index is -0.372. The van der Waals surface area contributed by atoms with Gasteiger partial charge in [0, 0.05) is 31.7 Å². The molecule has 0 saturated carbocycles. The molecule has 1 saturated heterocycles. The third-order valence-electron chi connectivity index (χ3n) is 3.79. The molecule has 1 aromatic carbocycles. The maximum atomic E-state index is 11.0. The van der Waals surface area contributed by atoms with Crippen LogP contribution in [0.4, 0.5) is 0 Å². The molecule has 2 unspecified atom stereocenters. The Kier molecular flexibility index (Phi) is 5.59. The number of hydrogen-bond acceptors (Lipinski definition) is 5. The number of nitrogens with zero attached hydrogens (tertiary/aromatic N) is 1. The summed E-state index contributed by atoms with van der Waals surface area (Å²) >= 11 is 0. The molecular formula is C16H24N2O3. The topological polar surface area (TPSA) is 50.8 Å². The molecule has 1 fully saturated rings. The average Bonchev–Trinajstić information content (AvgIpc) is 2.50. The van der Waals surface area contributed by atoms with Crippen molar-refractivity contribution in [3.8, 4) is 5.75 Å². The van der Waals surface area contributed by atoms with E-state index in [1.54, 1.807) is 0 Å². The fourth-order valence-electron chi connectivity index (χ4n) is 2.44. The van der Waals surface area contributed by atoms with Gasteiger partial charge in [0.25, 0.3) is 0 Å². The van der Waals surface area contributed by atoms with E-state index in [1.165, 1.54) is 12.7 Å². The van der Waals surface area contributed by atoms with E-state index in [0.29, 0.717) is 17.8 Å². The van der Waals surface area contributed by atoms with Gasteiger partial charge in [0.1, 0.15) is 5.75 Å². The van der Waals surface area contributed by atoms with Gasteiger partial charge in [0.05, 0.1) is 7.11 Å². The van der Waals surface area contributed by atoms with Crippen LogP contribution in [0.2, 0.25) is 0 Å². The molecule has 2 rings (SSSR count). The van der Waals surface area contributed by atoms with Crippen molar-refractivity contribution in [3.63, 3.8) is 0 Å². The van der Waals surface area contributed by atoms with Crippen molar-refractivity contribution in [1.82, 2.24) is 10.2 Å². The SMILES string of the molecule is COC(=O)COc1ccc(CN2CC(C)NCC2C)cc1. The zero-order valence-corrected chi connectivity index (χ0v) is 13.0. The lowest BCUT2D eigenvalue weighted by Gasteiger charge is -2.37. The number of esters is 1. The normalized spacial score (nSPS) is 22.8. The van der Waals surface area contributed by atoms with Gasteiger partial charge in [-0.05, 0) is 31.5 Å². The van der Waals surface area contributed by atoms with E-state index in [2.05, 4.69) is 28.8 Å². The van der Waals surface area contributed by atoms with Crippen LogP contribution in [-0.4, -0.2) is 49.8 Å². The standard InChI is InChI=1S/C16H24N2O3/c1-12-9-18(13(2)8-17-12)10-14-4-6-15(7-5-14)21-11-16(19)20-3/h4-7,12-13,17H,8-11H2,1-3H3. The molecule has 116 valence electrons. The fourth-order valence-corrected chi connectivity index (χ4v) is 2.44. The molecule has 0 bridgehead atoms. The van der Waals surface area contributed by atoms with E-state index in [9.17, 15) is 4.79 Å². The second kappa shape index (κ2) is 7.43. The van der Waals surface area contributed by atoms with Crippen LogP contribution in [0, 0.1) is 0 Å². The minimum Gasteiger partial charge on any atom is -0.482 e. The second-order valence-corrected chi connectivity index (χ2v) is 5.60. The maximum absolute atomic E-state index is 11.0. The number of hydrogen-bond donors (Lipinski definition) is 1. The molecule has 1 aliphatic heterocycles. The van der Waals surface area contributed by atoms with Crippen molar-refractivity contribution in [2.45, 2.75) is 32.5 Å². The minimum absolute atomic E-state index is 0.0534. The Morgan fingerprint density at radius 3 is 2.71 bits per heavy atom. The van der Waals surface area contributed by atoms with Gasteiger partial charge in [0.15, 0.2) is 6.61 Å². The van der Waals surface area contributed by atoms with Gasteiger partial charge in [-0.1, -0.05) is 12.1 Å². The lowest BCUT2D eigenvalue weighted by atomic mass is 10.1. The Bertz CT molecular complexity index is 461. The van der Waals surface area contributed by atoms with E-state index < -0.39 is 0 Å². The molecule has 1 aromatic rings. The molecule has 0 radical (unpaired) electrons. The Morgan fingerprint density at radius 2 is 2.05 bits per heavy atom. The molecule has 2 atom stereocenters. The molecule has 5 heteroatoms. The maximum Gasteiger partial charge on any atom is 0.343 e. The first-order valence-electron chi connectivity index (χ1n) is 7.34. The Morgan fingerprint density at radius 1 is 1.33 bits per heavy atom. The Balaban J connectivity index is 1.88. The fraction of sp³-hybridized carbons (Fsp3) is 0.562. The summed E-state index contributed by atoms with van der Waals surface area (Å²) in [6, 6.07) is 8.96. The predicted octanol–water partition coefficient (Wildman–Crippen LogP) is 1.42. The molecule has 5 nitrogen and oxygen atoms in total. The molecule has 0 aromatic heterocycles. The molecule has 1 heterocycles. The summed E-state index contributed by atoms with van der Waals surface area (Å²) < 4.78 is 9.89. The van der Waals surface area contributed by atoms with Gasteiger partial charge in [-0.25, -0.2) is 4.79 Å². The lowest BCUT2D eigenvalue weighted by Crippen LogP contribution is -2.53. The number of rotatable bonds is 5. The molecule has 1 N–H and O–H groups in total. The highest BCUT2D eigenvalue weighted by molar-refractivity contribution is 5.70. The van der Waals surface area contributed by atoms with Gasteiger partial charge >= 0.3 is 5.97 Å². The number of methoxy groups -OCH3 is 1. The zero-order valence-electron chi connectivity index (χ0n) is 13.0. The highest BCUT2D eigenvalue weighted by Crippen LogP contribution is 2.16. The summed E-state index contributed by atoms with van der Waals surface area (Å²) in [4.78, 5) is 13.5. The first-order chi connectivity index (χ1) is 10.1.